The van der Waals surface area contributed by atoms with Crippen molar-refractivity contribution in [3.8, 4) is 0 Å². The van der Waals surface area contributed by atoms with Crippen LogP contribution in [0.1, 0.15) is 19.8 Å². The fourth-order valence-corrected chi connectivity index (χ4v) is 2.16. The maximum Gasteiger partial charge on any atom is 0.178 e. The summed E-state index contributed by atoms with van der Waals surface area (Å²) in [5.74, 6) is -0.274. The summed E-state index contributed by atoms with van der Waals surface area (Å²) in [6.45, 7) is 4.13. The summed E-state index contributed by atoms with van der Waals surface area (Å²) in [6.07, 6.45) is 2.19. The molecule has 5 heteroatoms. The van der Waals surface area contributed by atoms with E-state index in [0.29, 0.717) is 23.4 Å². The normalized spacial score (nSPS) is 11.2. The second-order valence-corrected chi connectivity index (χ2v) is 4.57. The number of nitrogens with one attached hydrogen (secondary N) is 1. The molecule has 0 unspecified atom stereocenters. The van der Waals surface area contributed by atoms with Gasteiger partial charge in [0.25, 0.3) is 0 Å². The maximum atomic E-state index is 13.5. The summed E-state index contributed by atoms with van der Waals surface area (Å²) in [6, 6.07) is 4.97. The third-order valence-electron chi connectivity index (χ3n) is 2.86. The van der Waals surface area contributed by atoms with Crippen LogP contribution in [-0.4, -0.2) is 22.8 Å². The van der Waals surface area contributed by atoms with Gasteiger partial charge in [0.15, 0.2) is 4.77 Å². The number of unbranched alkanes of at least 4 members (excludes halogenated alkanes) is 1. The minimum atomic E-state index is -0.274. The van der Waals surface area contributed by atoms with Crippen molar-refractivity contribution in [2.24, 2.45) is 0 Å². The van der Waals surface area contributed by atoms with E-state index in [1.807, 2.05) is 10.6 Å². The fourth-order valence-electron chi connectivity index (χ4n) is 1.87. The average molecular weight is 268 g/mol. The Labute approximate surface area is 111 Å². The molecule has 98 valence electrons. The van der Waals surface area contributed by atoms with Crippen molar-refractivity contribution in [2.45, 2.75) is 26.3 Å². The van der Waals surface area contributed by atoms with E-state index < -0.39 is 0 Å². The van der Waals surface area contributed by atoms with Crippen LogP contribution in [0.3, 0.4) is 0 Å². The van der Waals surface area contributed by atoms with Crippen molar-refractivity contribution in [3.63, 3.8) is 0 Å². The Kier molecular flexibility index (Phi) is 4.49. The molecule has 0 bridgehead atoms. The molecule has 1 N–H and O–H groups in total. The SMILES string of the molecule is CCCCOCCn1c(=S)[nH]c2c(F)cccc21. The van der Waals surface area contributed by atoms with Crippen molar-refractivity contribution in [1.82, 2.24) is 9.55 Å². The molecule has 1 aromatic heterocycles. The highest BCUT2D eigenvalue weighted by Gasteiger charge is 2.07. The second-order valence-electron chi connectivity index (χ2n) is 4.18. The first-order valence-electron chi connectivity index (χ1n) is 6.19. The van der Waals surface area contributed by atoms with E-state index in [-0.39, 0.29) is 5.82 Å². The highest BCUT2D eigenvalue weighted by molar-refractivity contribution is 7.71. The van der Waals surface area contributed by atoms with Crippen LogP contribution in [0.5, 0.6) is 0 Å². The number of aromatic amines is 1. The molecule has 0 spiro atoms. The summed E-state index contributed by atoms with van der Waals surface area (Å²) in [4.78, 5) is 2.89. The van der Waals surface area contributed by atoms with E-state index in [4.69, 9.17) is 17.0 Å². The van der Waals surface area contributed by atoms with Gasteiger partial charge < -0.3 is 14.3 Å². The number of ether oxygens (including phenoxy) is 1. The molecule has 1 aromatic carbocycles. The third kappa shape index (κ3) is 2.79. The number of hydrogen-bond acceptors (Lipinski definition) is 2. The van der Waals surface area contributed by atoms with Gasteiger partial charge in [0.05, 0.1) is 12.1 Å². The third-order valence-corrected chi connectivity index (χ3v) is 3.18. The molecule has 0 atom stereocenters. The first kappa shape index (κ1) is 13.2. The number of rotatable bonds is 6. The van der Waals surface area contributed by atoms with E-state index in [2.05, 4.69) is 11.9 Å². The van der Waals surface area contributed by atoms with E-state index in [1.54, 1.807) is 6.07 Å². The van der Waals surface area contributed by atoms with Gasteiger partial charge in [0.1, 0.15) is 11.3 Å². The van der Waals surface area contributed by atoms with Crippen LogP contribution in [0, 0.1) is 10.6 Å². The van der Waals surface area contributed by atoms with Gasteiger partial charge in [-0.05, 0) is 30.8 Å². The van der Waals surface area contributed by atoms with E-state index in [1.165, 1.54) is 6.07 Å². The van der Waals surface area contributed by atoms with Crippen LogP contribution in [0.2, 0.25) is 0 Å². The van der Waals surface area contributed by atoms with Gasteiger partial charge in [-0.2, -0.15) is 0 Å². The monoisotopic (exact) mass is 268 g/mol. The lowest BCUT2D eigenvalue weighted by Gasteiger charge is -2.05. The molecule has 18 heavy (non-hydrogen) atoms. The number of benzene rings is 1. The summed E-state index contributed by atoms with van der Waals surface area (Å²) in [5, 5.41) is 0. The Hall–Kier alpha value is -1.20. The van der Waals surface area contributed by atoms with Gasteiger partial charge in [-0.15, -0.1) is 0 Å². The molecular weight excluding hydrogens is 251 g/mol. The van der Waals surface area contributed by atoms with Gasteiger partial charge in [0.2, 0.25) is 0 Å². The summed E-state index contributed by atoms with van der Waals surface area (Å²) in [5.41, 5.74) is 1.26. The summed E-state index contributed by atoms with van der Waals surface area (Å²) >= 11 is 5.20. The molecule has 0 fully saturated rings. The zero-order valence-electron chi connectivity index (χ0n) is 10.4. The Bertz CT molecular complexity index is 576. The zero-order valence-corrected chi connectivity index (χ0v) is 11.2. The molecule has 2 rings (SSSR count). The first-order chi connectivity index (χ1) is 8.74. The molecule has 0 aliphatic rings. The predicted octanol–water partition coefficient (Wildman–Crippen LogP) is 3.65. The van der Waals surface area contributed by atoms with Gasteiger partial charge >= 0.3 is 0 Å². The number of nitrogens with zero attached hydrogens (tertiary/aromatic N) is 1. The van der Waals surface area contributed by atoms with Crippen LogP contribution in [0.25, 0.3) is 11.0 Å². The maximum absolute atomic E-state index is 13.5. The predicted molar refractivity (Wildman–Crippen MR) is 72.8 cm³/mol. The Morgan fingerprint density at radius 2 is 2.22 bits per heavy atom. The molecule has 3 nitrogen and oxygen atoms in total. The highest BCUT2D eigenvalue weighted by Crippen LogP contribution is 2.17. The Morgan fingerprint density at radius 3 is 3.00 bits per heavy atom. The zero-order chi connectivity index (χ0) is 13.0. The molecule has 0 saturated heterocycles. The summed E-state index contributed by atoms with van der Waals surface area (Å²) in [7, 11) is 0. The molecule has 0 saturated carbocycles. The lowest BCUT2D eigenvalue weighted by atomic mass is 10.3. The standard InChI is InChI=1S/C13H17FN2OS/c1-2-3-8-17-9-7-16-11-6-4-5-10(14)12(11)15-13(16)18/h4-6H,2-3,7-9H2,1H3,(H,15,18). The molecule has 2 aromatic rings. The van der Waals surface area contributed by atoms with Crippen LogP contribution in [-0.2, 0) is 11.3 Å². The van der Waals surface area contributed by atoms with E-state index in [9.17, 15) is 4.39 Å². The van der Waals surface area contributed by atoms with Crippen LogP contribution < -0.4 is 0 Å². The molecular formula is C13H17FN2OS. The number of hydrogen-bond donors (Lipinski definition) is 1. The van der Waals surface area contributed by atoms with E-state index in [0.717, 1.165) is 25.0 Å². The number of aromatic nitrogens is 2. The lowest BCUT2D eigenvalue weighted by molar-refractivity contribution is 0.124. The number of imidazole rings is 1. The van der Waals surface area contributed by atoms with Crippen molar-refractivity contribution >= 4 is 23.3 Å². The Balaban J connectivity index is 2.11. The number of H-pyrrole nitrogens is 1. The second kappa shape index (κ2) is 6.11. The van der Waals surface area contributed by atoms with Crippen molar-refractivity contribution in [1.29, 1.82) is 0 Å². The Morgan fingerprint density at radius 1 is 1.39 bits per heavy atom. The fraction of sp³-hybridized carbons (Fsp3) is 0.462. The minimum absolute atomic E-state index is 0.274. The molecule has 1 heterocycles. The van der Waals surface area contributed by atoms with Crippen LogP contribution >= 0.6 is 12.2 Å². The lowest BCUT2D eigenvalue weighted by Crippen LogP contribution is -2.06. The summed E-state index contributed by atoms with van der Waals surface area (Å²) < 4.78 is 21.5. The van der Waals surface area contributed by atoms with Crippen molar-refractivity contribution in [3.05, 3.63) is 28.8 Å². The quantitative estimate of drug-likeness (QED) is 0.640. The average Bonchev–Trinajstić information content (AvgIpc) is 2.68. The van der Waals surface area contributed by atoms with E-state index >= 15 is 0 Å². The smallest absolute Gasteiger partial charge is 0.178 e. The number of fused-ring (bicyclic) bond motifs is 1. The van der Waals surface area contributed by atoms with Crippen LogP contribution in [0.4, 0.5) is 4.39 Å². The van der Waals surface area contributed by atoms with Gasteiger partial charge in [-0.3, -0.25) is 0 Å². The van der Waals surface area contributed by atoms with Gasteiger partial charge in [-0.25, -0.2) is 4.39 Å². The van der Waals surface area contributed by atoms with Crippen molar-refractivity contribution in [2.75, 3.05) is 13.2 Å². The minimum Gasteiger partial charge on any atom is -0.380 e. The van der Waals surface area contributed by atoms with Crippen LogP contribution in [0.15, 0.2) is 18.2 Å². The van der Waals surface area contributed by atoms with Gasteiger partial charge in [-0.1, -0.05) is 19.4 Å². The number of para-hydroxylation sites is 1. The topological polar surface area (TPSA) is 29.9 Å². The molecule has 0 radical (unpaired) electrons. The number of halogens is 1. The molecule has 0 aliphatic heterocycles. The highest BCUT2D eigenvalue weighted by atomic mass is 32.1. The van der Waals surface area contributed by atoms with Crippen molar-refractivity contribution < 1.29 is 9.13 Å². The van der Waals surface area contributed by atoms with Gasteiger partial charge in [0, 0.05) is 13.2 Å². The molecule has 0 amide bonds. The first-order valence-corrected chi connectivity index (χ1v) is 6.59. The molecule has 0 aliphatic carbocycles. The largest absolute Gasteiger partial charge is 0.380 e.